The van der Waals surface area contributed by atoms with Crippen LogP contribution in [-0.4, -0.2) is 40.5 Å². The second kappa shape index (κ2) is 8.24. The average molecular weight is 411 g/mol. The minimum atomic E-state index is -1.30. The Hall–Kier alpha value is -3.88. The van der Waals surface area contributed by atoms with Crippen LogP contribution in [0.5, 0.6) is 5.75 Å². The molecule has 9 heteroatoms. The maximum absolute atomic E-state index is 12.9. The third-order valence-electron chi connectivity index (χ3n) is 4.92. The summed E-state index contributed by atoms with van der Waals surface area (Å²) in [5, 5.41) is 13.1. The molecule has 9 nitrogen and oxygen atoms in total. The highest BCUT2D eigenvalue weighted by Gasteiger charge is 2.52. The molecule has 0 aromatic heterocycles. The number of amides is 4. The molecular weight excluding hydrogens is 390 g/mol. The highest BCUT2D eigenvalue weighted by Crippen LogP contribution is 2.31. The first-order chi connectivity index (χ1) is 14.3. The van der Waals surface area contributed by atoms with Crippen LogP contribution >= 0.6 is 0 Å². The van der Waals surface area contributed by atoms with Gasteiger partial charge in [0.05, 0.1) is 0 Å². The predicted molar refractivity (Wildman–Crippen MR) is 105 cm³/mol. The van der Waals surface area contributed by atoms with Crippen LogP contribution in [0, 0.1) is 6.92 Å². The summed E-state index contributed by atoms with van der Waals surface area (Å²) in [7, 11) is 0. The van der Waals surface area contributed by atoms with Crippen LogP contribution in [0.25, 0.3) is 0 Å². The quantitative estimate of drug-likeness (QED) is 0.491. The first-order valence-corrected chi connectivity index (χ1v) is 9.27. The van der Waals surface area contributed by atoms with E-state index in [0.29, 0.717) is 16.1 Å². The van der Waals surface area contributed by atoms with Crippen LogP contribution < -0.4 is 10.7 Å². The summed E-state index contributed by atoms with van der Waals surface area (Å²) >= 11 is 0. The van der Waals surface area contributed by atoms with E-state index in [1.54, 1.807) is 56.3 Å². The summed E-state index contributed by atoms with van der Waals surface area (Å²) < 4.78 is 4.89. The van der Waals surface area contributed by atoms with Gasteiger partial charge in [0.15, 0.2) is 6.61 Å². The molecule has 1 heterocycles. The van der Waals surface area contributed by atoms with Gasteiger partial charge in [-0.2, -0.15) is 5.01 Å². The molecule has 0 spiro atoms. The van der Waals surface area contributed by atoms with Crippen molar-refractivity contribution >= 4 is 23.8 Å². The lowest BCUT2D eigenvalue weighted by molar-refractivity contribution is -0.140. The van der Waals surface area contributed by atoms with E-state index in [9.17, 15) is 24.3 Å². The van der Waals surface area contributed by atoms with Gasteiger partial charge in [-0.1, -0.05) is 49.4 Å². The van der Waals surface area contributed by atoms with E-state index >= 15 is 0 Å². The molecule has 0 unspecified atom stereocenters. The average Bonchev–Trinajstić information content (AvgIpc) is 2.99. The first kappa shape index (κ1) is 20.8. The molecular formula is C21H21N3O6. The fourth-order valence-corrected chi connectivity index (χ4v) is 3.23. The number of hydrogen-bond donors (Lipinski definition) is 3. The fourth-order valence-electron chi connectivity index (χ4n) is 3.23. The van der Waals surface area contributed by atoms with E-state index in [0.717, 1.165) is 0 Å². The van der Waals surface area contributed by atoms with Gasteiger partial charge in [0.25, 0.3) is 11.8 Å². The number of nitrogens with zero attached hydrogens (tertiary/aromatic N) is 1. The molecule has 0 aliphatic carbocycles. The van der Waals surface area contributed by atoms with Crippen molar-refractivity contribution in [2.75, 3.05) is 6.61 Å². The normalized spacial score (nSPS) is 18.1. The molecule has 3 rings (SSSR count). The predicted octanol–water partition coefficient (Wildman–Crippen LogP) is 1.75. The van der Waals surface area contributed by atoms with Crippen LogP contribution in [0.4, 0.5) is 4.79 Å². The Morgan fingerprint density at radius 3 is 2.50 bits per heavy atom. The molecule has 1 aliphatic rings. The first-order valence-electron chi connectivity index (χ1n) is 9.27. The summed E-state index contributed by atoms with van der Waals surface area (Å²) in [6.07, 6.45) is 0.273. The Kier molecular flexibility index (Phi) is 5.72. The third-order valence-corrected chi connectivity index (χ3v) is 4.92. The Bertz CT molecular complexity index is 1010. The zero-order chi connectivity index (χ0) is 21.9. The summed E-state index contributed by atoms with van der Waals surface area (Å²) in [6.45, 7) is 2.61. The number of esters is 1. The molecule has 0 saturated carbocycles. The van der Waals surface area contributed by atoms with Crippen molar-refractivity contribution in [3.05, 3.63) is 65.2 Å². The standard InChI is InChI=1S/C21H21N3O6/c1-3-21(14-9-5-4-6-10-14)19(28)24(20(29)22-21)23-16(25)12-30-18(27)15-11-7-8-13(2)17(15)26/h4-11,26H,3,12H2,1-2H3,(H,22,29)(H,23,25)/t21-/m0/s1. The van der Waals surface area contributed by atoms with Crippen molar-refractivity contribution in [2.45, 2.75) is 25.8 Å². The zero-order valence-corrected chi connectivity index (χ0v) is 16.5. The Balaban J connectivity index is 1.67. The van der Waals surface area contributed by atoms with Gasteiger partial charge in [-0.15, -0.1) is 0 Å². The molecule has 0 radical (unpaired) electrons. The molecule has 1 atom stereocenters. The fraction of sp³-hybridized carbons (Fsp3) is 0.238. The number of urea groups is 1. The Morgan fingerprint density at radius 1 is 1.13 bits per heavy atom. The number of ether oxygens (including phenoxy) is 1. The number of phenols is 1. The number of carbonyl (C=O) groups is 4. The van der Waals surface area contributed by atoms with Gasteiger partial charge in [0, 0.05) is 0 Å². The number of hydrogen-bond acceptors (Lipinski definition) is 6. The molecule has 1 aliphatic heterocycles. The second-order valence-electron chi connectivity index (χ2n) is 6.78. The van der Waals surface area contributed by atoms with E-state index in [2.05, 4.69) is 10.7 Å². The number of aromatic hydroxyl groups is 1. The number of hydrazine groups is 1. The van der Waals surface area contributed by atoms with Gasteiger partial charge in [0.2, 0.25) is 0 Å². The van der Waals surface area contributed by atoms with Gasteiger partial charge >= 0.3 is 12.0 Å². The van der Waals surface area contributed by atoms with E-state index in [4.69, 9.17) is 4.74 Å². The molecule has 0 bridgehead atoms. The SMILES string of the molecule is CC[C@@]1(c2ccccc2)NC(=O)N(NC(=O)COC(=O)c2cccc(C)c2O)C1=O. The van der Waals surface area contributed by atoms with Crippen LogP contribution in [0.2, 0.25) is 0 Å². The number of carbonyl (C=O) groups excluding carboxylic acids is 4. The van der Waals surface area contributed by atoms with Crippen molar-refractivity contribution < 1.29 is 29.0 Å². The molecule has 30 heavy (non-hydrogen) atoms. The highest BCUT2D eigenvalue weighted by molar-refractivity contribution is 6.08. The number of nitrogens with one attached hydrogen (secondary N) is 2. The van der Waals surface area contributed by atoms with E-state index in [1.165, 1.54) is 6.07 Å². The topological polar surface area (TPSA) is 125 Å². The Morgan fingerprint density at radius 2 is 1.83 bits per heavy atom. The third kappa shape index (κ3) is 3.69. The number of aryl methyl sites for hydroxylation is 1. The second-order valence-corrected chi connectivity index (χ2v) is 6.78. The monoisotopic (exact) mass is 411 g/mol. The lowest BCUT2D eigenvalue weighted by Crippen LogP contribution is -2.49. The number of rotatable bonds is 6. The maximum atomic E-state index is 12.9. The van der Waals surface area contributed by atoms with Gasteiger partial charge in [0.1, 0.15) is 16.9 Å². The van der Waals surface area contributed by atoms with E-state index in [-0.39, 0.29) is 17.7 Å². The van der Waals surface area contributed by atoms with Crippen molar-refractivity contribution in [3.63, 3.8) is 0 Å². The molecule has 3 N–H and O–H groups in total. The zero-order valence-electron chi connectivity index (χ0n) is 16.5. The minimum Gasteiger partial charge on any atom is -0.507 e. The van der Waals surface area contributed by atoms with Crippen molar-refractivity contribution in [2.24, 2.45) is 0 Å². The van der Waals surface area contributed by atoms with Crippen LogP contribution in [0.3, 0.4) is 0 Å². The summed E-state index contributed by atoms with van der Waals surface area (Å²) in [6, 6.07) is 12.4. The van der Waals surface area contributed by atoms with Crippen molar-refractivity contribution in [3.8, 4) is 5.75 Å². The van der Waals surface area contributed by atoms with Gasteiger partial charge in [-0.25, -0.2) is 9.59 Å². The summed E-state index contributed by atoms with van der Waals surface area (Å²) in [5.74, 6) is -2.67. The smallest absolute Gasteiger partial charge is 0.344 e. The maximum Gasteiger partial charge on any atom is 0.344 e. The molecule has 156 valence electrons. The molecule has 2 aromatic rings. The van der Waals surface area contributed by atoms with Crippen LogP contribution in [0.1, 0.15) is 34.8 Å². The lowest BCUT2D eigenvalue weighted by atomic mass is 9.87. The molecule has 2 aromatic carbocycles. The number of imide groups is 1. The lowest BCUT2D eigenvalue weighted by Gasteiger charge is -2.25. The Labute approximate surface area is 172 Å². The number of benzene rings is 2. The van der Waals surface area contributed by atoms with Crippen molar-refractivity contribution in [1.82, 2.24) is 15.8 Å². The van der Waals surface area contributed by atoms with Crippen LogP contribution in [0.15, 0.2) is 48.5 Å². The summed E-state index contributed by atoms with van der Waals surface area (Å²) in [4.78, 5) is 49.6. The number of phenolic OH excluding ortho intramolecular Hbond substituents is 1. The summed E-state index contributed by atoms with van der Waals surface area (Å²) in [5.41, 5.74) is 1.84. The molecule has 4 amide bonds. The highest BCUT2D eigenvalue weighted by atomic mass is 16.5. The van der Waals surface area contributed by atoms with Crippen molar-refractivity contribution in [1.29, 1.82) is 0 Å². The minimum absolute atomic E-state index is 0.0909. The van der Waals surface area contributed by atoms with Gasteiger partial charge in [-0.3, -0.25) is 15.0 Å². The molecule has 1 fully saturated rings. The van der Waals surface area contributed by atoms with E-state index in [1.807, 2.05) is 0 Å². The van der Waals surface area contributed by atoms with E-state index < -0.39 is 36.0 Å². The van der Waals surface area contributed by atoms with Crippen LogP contribution in [-0.2, 0) is 19.9 Å². The molecule has 1 saturated heterocycles. The van der Waals surface area contributed by atoms with Gasteiger partial charge < -0.3 is 15.2 Å². The largest absolute Gasteiger partial charge is 0.507 e. The number of para-hydroxylation sites is 1. The van der Waals surface area contributed by atoms with Gasteiger partial charge in [-0.05, 0) is 30.5 Å².